The number of nitrogens with two attached hydrogens (primary N) is 1. The maximum absolute atomic E-state index is 5.78. The highest BCUT2D eigenvalue weighted by Gasteiger charge is 2.12. The monoisotopic (exact) mass is 248 g/mol. The number of hydrogen-bond acceptors (Lipinski definition) is 2. The number of benzene rings is 1. The van der Waals surface area contributed by atoms with Gasteiger partial charge in [-0.25, -0.2) is 0 Å². The van der Waals surface area contributed by atoms with Crippen molar-refractivity contribution in [3.05, 3.63) is 35.9 Å². The van der Waals surface area contributed by atoms with Gasteiger partial charge in [0.05, 0.1) is 0 Å². The Morgan fingerprint density at radius 3 is 2.33 bits per heavy atom. The minimum atomic E-state index is 0.584. The lowest BCUT2D eigenvalue weighted by atomic mass is 10.0. The Bertz CT molecular complexity index is 304. The van der Waals surface area contributed by atoms with Gasteiger partial charge in [0.2, 0.25) is 0 Å². The summed E-state index contributed by atoms with van der Waals surface area (Å²) in [6, 6.07) is 11.3. The van der Waals surface area contributed by atoms with Crippen LogP contribution < -0.4 is 5.73 Å². The van der Waals surface area contributed by atoms with E-state index in [0.29, 0.717) is 12.0 Å². The zero-order chi connectivity index (χ0) is 13.4. The van der Waals surface area contributed by atoms with E-state index in [1.807, 2.05) is 0 Å². The average molecular weight is 248 g/mol. The molecule has 0 heterocycles. The van der Waals surface area contributed by atoms with Crippen LogP contribution in [0.1, 0.15) is 39.2 Å². The highest BCUT2D eigenvalue weighted by Crippen LogP contribution is 2.12. The lowest BCUT2D eigenvalue weighted by Gasteiger charge is -2.28. The summed E-state index contributed by atoms with van der Waals surface area (Å²) in [5, 5.41) is 0. The zero-order valence-electron chi connectivity index (χ0n) is 12.1. The van der Waals surface area contributed by atoms with E-state index >= 15 is 0 Å². The first kappa shape index (κ1) is 15.2. The van der Waals surface area contributed by atoms with Crippen LogP contribution >= 0.6 is 0 Å². The van der Waals surface area contributed by atoms with Crippen molar-refractivity contribution in [1.29, 1.82) is 0 Å². The molecule has 102 valence electrons. The summed E-state index contributed by atoms with van der Waals surface area (Å²) in [5.74, 6) is 0.669. The van der Waals surface area contributed by atoms with E-state index < -0.39 is 0 Å². The summed E-state index contributed by atoms with van der Waals surface area (Å²) < 4.78 is 0. The molecule has 0 spiro atoms. The molecule has 2 heteroatoms. The second kappa shape index (κ2) is 8.28. The van der Waals surface area contributed by atoms with Crippen LogP contribution in [-0.4, -0.2) is 24.0 Å². The molecule has 0 radical (unpaired) electrons. The molecule has 0 fully saturated rings. The molecule has 1 atom stereocenters. The standard InChI is InChI=1S/C16H28N2/c1-4-15(12-17)10-11-18(14(2)3)13-16-8-6-5-7-9-16/h5-9,14-15H,4,10-13,17H2,1-3H3. The van der Waals surface area contributed by atoms with Crippen LogP contribution in [0, 0.1) is 5.92 Å². The molecule has 0 aromatic heterocycles. The summed E-state index contributed by atoms with van der Waals surface area (Å²) in [6.07, 6.45) is 2.39. The van der Waals surface area contributed by atoms with Crippen molar-refractivity contribution in [3.63, 3.8) is 0 Å². The average Bonchev–Trinajstić information content (AvgIpc) is 2.39. The predicted octanol–water partition coefficient (Wildman–Crippen LogP) is 3.27. The van der Waals surface area contributed by atoms with Crippen LogP contribution in [0.25, 0.3) is 0 Å². The molecule has 0 aliphatic rings. The first-order chi connectivity index (χ1) is 8.67. The molecule has 1 rings (SSSR count). The van der Waals surface area contributed by atoms with Crippen LogP contribution in [0.3, 0.4) is 0 Å². The Labute approximate surface area is 112 Å². The molecule has 0 aliphatic carbocycles. The van der Waals surface area contributed by atoms with Crippen LogP contribution in [0.2, 0.25) is 0 Å². The maximum atomic E-state index is 5.78. The first-order valence-electron chi connectivity index (χ1n) is 7.15. The first-order valence-corrected chi connectivity index (χ1v) is 7.15. The molecule has 1 unspecified atom stereocenters. The highest BCUT2D eigenvalue weighted by atomic mass is 15.1. The van der Waals surface area contributed by atoms with Gasteiger partial charge in [0.25, 0.3) is 0 Å². The number of hydrogen-bond donors (Lipinski definition) is 1. The van der Waals surface area contributed by atoms with E-state index in [1.54, 1.807) is 0 Å². The van der Waals surface area contributed by atoms with Gasteiger partial charge in [0, 0.05) is 12.6 Å². The number of nitrogens with zero attached hydrogens (tertiary/aromatic N) is 1. The third-order valence-electron chi connectivity index (χ3n) is 3.69. The molecule has 0 aliphatic heterocycles. The maximum Gasteiger partial charge on any atom is 0.0236 e. The Morgan fingerprint density at radius 1 is 1.17 bits per heavy atom. The molecule has 1 aromatic rings. The summed E-state index contributed by atoms with van der Waals surface area (Å²) in [7, 11) is 0. The van der Waals surface area contributed by atoms with E-state index in [4.69, 9.17) is 5.73 Å². The normalized spacial score (nSPS) is 13.2. The fourth-order valence-corrected chi connectivity index (χ4v) is 2.17. The van der Waals surface area contributed by atoms with Crippen LogP contribution in [0.15, 0.2) is 30.3 Å². The lowest BCUT2D eigenvalue weighted by Crippen LogP contribution is -2.33. The topological polar surface area (TPSA) is 29.3 Å². The molecule has 0 bridgehead atoms. The Kier molecular flexibility index (Phi) is 6.99. The summed E-state index contributed by atoms with van der Waals surface area (Å²) in [6.45, 7) is 9.77. The molecule has 1 aromatic carbocycles. The van der Waals surface area contributed by atoms with Gasteiger partial charge >= 0.3 is 0 Å². The Hall–Kier alpha value is -0.860. The second-order valence-corrected chi connectivity index (χ2v) is 5.35. The van der Waals surface area contributed by atoms with E-state index in [1.165, 1.54) is 18.4 Å². The minimum Gasteiger partial charge on any atom is -0.330 e. The molecular weight excluding hydrogens is 220 g/mol. The Morgan fingerprint density at radius 2 is 1.83 bits per heavy atom. The van der Waals surface area contributed by atoms with Crippen molar-refractivity contribution >= 4 is 0 Å². The van der Waals surface area contributed by atoms with E-state index in [2.05, 4.69) is 56.0 Å². The van der Waals surface area contributed by atoms with Gasteiger partial charge in [0.15, 0.2) is 0 Å². The number of rotatable bonds is 8. The Balaban J connectivity index is 2.50. The quantitative estimate of drug-likeness (QED) is 0.765. The van der Waals surface area contributed by atoms with Crippen LogP contribution in [-0.2, 0) is 6.54 Å². The molecule has 0 saturated carbocycles. The van der Waals surface area contributed by atoms with Gasteiger partial charge < -0.3 is 5.73 Å². The summed E-state index contributed by atoms with van der Waals surface area (Å²) >= 11 is 0. The largest absolute Gasteiger partial charge is 0.330 e. The minimum absolute atomic E-state index is 0.584. The fourth-order valence-electron chi connectivity index (χ4n) is 2.17. The van der Waals surface area contributed by atoms with Gasteiger partial charge in [-0.05, 0) is 44.8 Å². The van der Waals surface area contributed by atoms with Crippen molar-refractivity contribution in [2.45, 2.75) is 46.2 Å². The van der Waals surface area contributed by atoms with E-state index in [0.717, 1.165) is 19.6 Å². The SMILES string of the molecule is CCC(CN)CCN(Cc1ccccc1)C(C)C. The molecule has 18 heavy (non-hydrogen) atoms. The molecular formula is C16H28N2. The summed E-state index contributed by atoms with van der Waals surface area (Å²) in [5.41, 5.74) is 7.18. The van der Waals surface area contributed by atoms with Crippen LogP contribution in [0.5, 0.6) is 0 Å². The van der Waals surface area contributed by atoms with Gasteiger partial charge in [-0.2, -0.15) is 0 Å². The second-order valence-electron chi connectivity index (χ2n) is 5.35. The fraction of sp³-hybridized carbons (Fsp3) is 0.625. The van der Waals surface area contributed by atoms with Crippen LogP contribution in [0.4, 0.5) is 0 Å². The van der Waals surface area contributed by atoms with E-state index in [-0.39, 0.29) is 0 Å². The van der Waals surface area contributed by atoms with Crippen molar-refractivity contribution in [3.8, 4) is 0 Å². The predicted molar refractivity (Wildman–Crippen MR) is 79.4 cm³/mol. The summed E-state index contributed by atoms with van der Waals surface area (Å²) in [4.78, 5) is 2.54. The van der Waals surface area contributed by atoms with Gasteiger partial charge in [-0.15, -0.1) is 0 Å². The van der Waals surface area contributed by atoms with Crippen molar-refractivity contribution in [2.24, 2.45) is 11.7 Å². The van der Waals surface area contributed by atoms with Gasteiger partial charge in [0.1, 0.15) is 0 Å². The molecule has 0 amide bonds. The zero-order valence-corrected chi connectivity index (χ0v) is 12.1. The third kappa shape index (κ3) is 5.19. The highest BCUT2D eigenvalue weighted by molar-refractivity contribution is 5.14. The van der Waals surface area contributed by atoms with Gasteiger partial charge in [-0.3, -0.25) is 4.90 Å². The van der Waals surface area contributed by atoms with Crippen molar-refractivity contribution in [1.82, 2.24) is 4.90 Å². The van der Waals surface area contributed by atoms with Gasteiger partial charge in [-0.1, -0.05) is 43.7 Å². The van der Waals surface area contributed by atoms with E-state index in [9.17, 15) is 0 Å². The smallest absolute Gasteiger partial charge is 0.0236 e. The molecule has 2 N–H and O–H groups in total. The molecule has 0 saturated heterocycles. The lowest BCUT2D eigenvalue weighted by molar-refractivity contribution is 0.196. The molecule has 2 nitrogen and oxygen atoms in total. The van der Waals surface area contributed by atoms with Crippen molar-refractivity contribution < 1.29 is 0 Å². The third-order valence-corrected chi connectivity index (χ3v) is 3.69. The van der Waals surface area contributed by atoms with Crippen molar-refractivity contribution in [2.75, 3.05) is 13.1 Å².